The van der Waals surface area contributed by atoms with Gasteiger partial charge in [0, 0.05) is 18.6 Å². The van der Waals surface area contributed by atoms with E-state index in [-0.39, 0.29) is 18.7 Å². The third-order valence-electron chi connectivity index (χ3n) is 4.08. The summed E-state index contributed by atoms with van der Waals surface area (Å²) in [7, 11) is 0. The number of aliphatic hydroxyl groups excluding tert-OH is 1. The molecule has 1 aliphatic rings. The van der Waals surface area contributed by atoms with Crippen molar-refractivity contribution < 1.29 is 18.3 Å². The van der Waals surface area contributed by atoms with E-state index >= 15 is 0 Å². The van der Waals surface area contributed by atoms with E-state index in [1.165, 1.54) is 0 Å². The van der Waals surface area contributed by atoms with Gasteiger partial charge in [0.2, 0.25) is 0 Å². The molecule has 1 aromatic carbocycles. The Bertz CT molecular complexity index is 483. The zero-order valence-corrected chi connectivity index (χ0v) is 11.9. The fourth-order valence-corrected chi connectivity index (χ4v) is 3.03. The molecule has 21 heavy (non-hydrogen) atoms. The minimum atomic E-state index is -1.44. The third-order valence-corrected chi connectivity index (χ3v) is 4.08. The Labute approximate surface area is 122 Å². The molecule has 0 amide bonds. The van der Waals surface area contributed by atoms with Gasteiger partial charge in [-0.2, -0.15) is 0 Å². The number of halogens is 3. The lowest BCUT2D eigenvalue weighted by Crippen LogP contribution is -2.44. The topological polar surface area (TPSA) is 23.5 Å². The zero-order valence-electron chi connectivity index (χ0n) is 11.9. The van der Waals surface area contributed by atoms with Gasteiger partial charge >= 0.3 is 0 Å². The van der Waals surface area contributed by atoms with E-state index in [1.807, 2.05) is 4.90 Å². The van der Waals surface area contributed by atoms with E-state index in [0.29, 0.717) is 12.1 Å². The van der Waals surface area contributed by atoms with Crippen molar-refractivity contribution in [2.24, 2.45) is 0 Å². The lowest BCUT2D eigenvalue weighted by molar-refractivity contribution is 0.0449. The molecule has 0 unspecified atom stereocenters. The number of rotatable bonds is 5. The largest absolute Gasteiger partial charge is 0.395 e. The number of aliphatic hydroxyl groups is 1. The first-order valence-electron chi connectivity index (χ1n) is 7.20. The molecule has 5 heteroatoms. The van der Waals surface area contributed by atoms with Gasteiger partial charge < -0.3 is 5.11 Å². The molecule has 0 aromatic heterocycles. The number of nitrogens with zero attached hydrogens (tertiary/aromatic N) is 1. The van der Waals surface area contributed by atoms with Gasteiger partial charge in [0.15, 0.2) is 17.5 Å². The number of hydrogen-bond donors (Lipinski definition) is 1. The summed E-state index contributed by atoms with van der Waals surface area (Å²) < 4.78 is 40.0. The fraction of sp³-hybridized carbons (Fsp3) is 0.500. The van der Waals surface area contributed by atoms with Crippen LogP contribution in [0.3, 0.4) is 0 Å². The summed E-state index contributed by atoms with van der Waals surface area (Å²) in [5.74, 6) is -3.77. The molecule has 1 N–H and O–H groups in total. The number of benzene rings is 1. The lowest BCUT2D eigenvalue weighted by atomic mass is 9.90. The Morgan fingerprint density at radius 3 is 2.48 bits per heavy atom. The Hall–Kier alpha value is -1.33. The summed E-state index contributed by atoms with van der Waals surface area (Å²) in [6.45, 7) is 4.33. The monoisotopic (exact) mass is 299 g/mol. The first kappa shape index (κ1) is 16.0. The summed E-state index contributed by atoms with van der Waals surface area (Å²) in [6.07, 6.45) is 4.93. The Balaban J connectivity index is 2.31. The normalized spacial score (nSPS) is 23.2. The molecule has 0 radical (unpaired) electrons. The maximum atomic E-state index is 13.5. The molecule has 0 saturated carbocycles. The summed E-state index contributed by atoms with van der Waals surface area (Å²) in [4.78, 5) is 2.04. The van der Waals surface area contributed by atoms with Crippen molar-refractivity contribution >= 4 is 0 Å². The standard InChI is InChI=1S/C16H20F3NO/c1-2-3-7-20-12(10-21)5-4-6-15(20)11-8-13(17)16(19)14(18)9-11/h2,8-9,12,15,21H,1,3-7,10H2/t12-,15+/m1/s1. The molecule has 2 nitrogen and oxygen atoms in total. The molecule has 116 valence electrons. The second kappa shape index (κ2) is 7.09. The van der Waals surface area contributed by atoms with Crippen LogP contribution in [0.1, 0.15) is 37.3 Å². The molecule has 2 atom stereocenters. The van der Waals surface area contributed by atoms with Crippen LogP contribution in [0.15, 0.2) is 24.8 Å². The van der Waals surface area contributed by atoms with E-state index < -0.39 is 17.5 Å². The van der Waals surface area contributed by atoms with Crippen LogP contribution in [0.5, 0.6) is 0 Å². The van der Waals surface area contributed by atoms with Gasteiger partial charge in [0.05, 0.1) is 6.61 Å². The molecule has 1 aromatic rings. The molecule has 0 spiro atoms. The maximum absolute atomic E-state index is 13.5. The molecule has 1 heterocycles. The first-order valence-corrected chi connectivity index (χ1v) is 7.20. The zero-order chi connectivity index (χ0) is 15.4. The highest BCUT2D eigenvalue weighted by atomic mass is 19.2. The van der Waals surface area contributed by atoms with Crippen LogP contribution in [-0.4, -0.2) is 29.2 Å². The first-order chi connectivity index (χ1) is 10.1. The van der Waals surface area contributed by atoms with Crippen molar-refractivity contribution in [1.29, 1.82) is 0 Å². The van der Waals surface area contributed by atoms with Crippen molar-refractivity contribution in [3.05, 3.63) is 47.8 Å². The predicted octanol–water partition coefficient (Wildman–Crippen LogP) is 3.57. The van der Waals surface area contributed by atoms with Crippen LogP contribution in [-0.2, 0) is 0 Å². The summed E-state index contributed by atoms with van der Waals surface area (Å²) in [6, 6.07) is 1.87. The summed E-state index contributed by atoms with van der Waals surface area (Å²) in [5, 5.41) is 9.50. The van der Waals surface area contributed by atoms with Gasteiger partial charge in [-0.15, -0.1) is 6.58 Å². The van der Waals surface area contributed by atoms with Crippen molar-refractivity contribution in [1.82, 2.24) is 4.90 Å². The maximum Gasteiger partial charge on any atom is 0.194 e. The van der Waals surface area contributed by atoms with E-state index in [1.54, 1.807) is 6.08 Å². The molecular formula is C16H20F3NO. The van der Waals surface area contributed by atoms with Crippen LogP contribution in [0.25, 0.3) is 0 Å². The van der Waals surface area contributed by atoms with E-state index in [4.69, 9.17) is 0 Å². The van der Waals surface area contributed by atoms with Crippen LogP contribution < -0.4 is 0 Å². The fourth-order valence-electron chi connectivity index (χ4n) is 3.03. The second-order valence-corrected chi connectivity index (χ2v) is 5.40. The van der Waals surface area contributed by atoms with Crippen LogP contribution in [0.4, 0.5) is 13.2 Å². The van der Waals surface area contributed by atoms with Crippen LogP contribution in [0.2, 0.25) is 0 Å². The predicted molar refractivity (Wildman–Crippen MR) is 75.3 cm³/mol. The Morgan fingerprint density at radius 1 is 1.24 bits per heavy atom. The second-order valence-electron chi connectivity index (χ2n) is 5.40. The van der Waals surface area contributed by atoms with Crippen molar-refractivity contribution in [2.45, 2.75) is 37.8 Å². The summed E-state index contributed by atoms with van der Waals surface area (Å²) >= 11 is 0. The highest BCUT2D eigenvalue weighted by Crippen LogP contribution is 2.35. The van der Waals surface area contributed by atoms with E-state index in [0.717, 1.165) is 37.8 Å². The van der Waals surface area contributed by atoms with Gasteiger partial charge in [-0.25, -0.2) is 13.2 Å². The van der Waals surface area contributed by atoms with Gasteiger partial charge in [-0.3, -0.25) is 4.90 Å². The average molecular weight is 299 g/mol. The van der Waals surface area contributed by atoms with Crippen molar-refractivity contribution in [3.8, 4) is 0 Å². The third kappa shape index (κ3) is 3.47. The van der Waals surface area contributed by atoms with Crippen molar-refractivity contribution in [3.63, 3.8) is 0 Å². The van der Waals surface area contributed by atoms with Gasteiger partial charge in [-0.1, -0.05) is 6.08 Å². The van der Waals surface area contributed by atoms with Gasteiger partial charge in [0.25, 0.3) is 0 Å². The molecule has 1 aliphatic heterocycles. The molecule has 1 fully saturated rings. The molecule has 2 rings (SSSR count). The highest BCUT2D eigenvalue weighted by molar-refractivity contribution is 5.23. The Kier molecular flexibility index (Phi) is 5.42. The number of hydrogen-bond acceptors (Lipinski definition) is 2. The molecule has 1 saturated heterocycles. The van der Waals surface area contributed by atoms with Gasteiger partial charge in [0.1, 0.15) is 0 Å². The minimum Gasteiger partial charge on any atom is -0.395 e. The summed E-state index contributed by atoms with van der Waals surface area (Å²) in [5.41, 5.74) is 0.425. The minimum absolute atomic E-state index is 0.000197. The Morgan fingerprint density at radius 2 is 1.90 bits per heavy atom. The van der Waals surface area contributed by atoms with E-state index in [9.17, 15) is 18.3 Å². The average Bonchev–Trinajstić information content (AvgIpc) is 2.49. The molecular weight excluding hydrogens is 279 g/mol. The van der Waals surface area contributed by atoms with E-state index in [2.05, 4.69) is 6.58 Å². The number of piperidine rings is 1. The molecule has 0 bridgehead atoms. The van der Waals surface area contributed by atoms with Gasteiger partial charge in [-0.05, 0) is 43.4 Å². The smallest absolute Gasteiger partial charge is 0.194 e. The highest BCUT2D eigenvalue weighted by Gasteiger charge is 2.31. The van der Waals surface area contributed by atoms with Crippen molar-refractivity contribution in [2.75, 3.05) is 13.2 Å². The molecule has 0 aliphatic carbocycles. The lowest BCUT2D eigenvalue weighted by Gasteiger charge is -2.41. The van der Waals surface area contributed by atoms with Crippen LogP contribution in [0, 0.1) is 17.5 Å². The quantitative estimate of drug-likeness (QED) is 0.664. The number of likely N-dealkylation sites (tertiary alicyclic amines) is 1. The van der Waals surface area contributed by atoms with Crippen LogP contribution >= 0.6 is 0 Å². The SMILES string of the molecule is C=CCCN1[C@@H](CO)CCC[C@H]1c1cc(F)c(F)c(F)c1.